The summed E-state index contributed by atoms with van der Waals surface area (Å²) in [6.45, 7) is 2.50. The van der Waals surface area contributed by atoms with Crippen LogP contribution in [0.4, 0.5) is 20.3 Å². The highest BCUT2D eigenvalue weighted by atomic mass is 19.2. The number of carbonyl (C=O) groups excluding carboxylic acids is 2. The number of amides is 2. The molecule has 4 heterocycles. The van der Waals surface area contributed by atoms with Crippen LogP contribution in [0.25, 0.3) is 16.9 Å². The van der Waals surface area contributed by atoms with Crippen LogP contribution >= 0.6 is 0 Å². The predicted molar refractivity (Wildman–Crippen MR) is 163 cm³/mol. The van der Waals surface area contributed by atoms with Gasteiger partial charge in [-0.25, -0.2) is 14.4 Å². The van der Waals surface area contributed by atoms with E-state index in [9.17, 15) is 33.7 Å². The smallest absolute Gasteiger partial charge is 0.254 e. The number of anilines is 2. The first-order valence-electron chi connectivity index (χ1n) is 14.9. The van der Waals surface area contributed by atoms with E-state index in [0.29, 0.717) is 54.3 Å². The second kappa shape index (κ2) is 12.6. The number of nitrogens with one attached hydrogen (secondary N) is 1. The van der Waals surface area contributed by atoms with E-state index < -0.39 is 29.9 Å². The lowest BCUT2D eigenvalue weighted by molar-refractivity contribution is -0.154. The molecule has 2 aromatic carbocycles. The number of ether oxygens (including phenoxy) is 1. The van der Waals surface area contributed by atoms with Gasteiger partial charge in [0, 0.05) is 61.3 Å². The van der Waals surface area contributed by atoms with Gasteiger partial charge in [0.15, 0.2) is 23.0 Å². The van der Waals surface area contributed by atoms with E-state index >= 15 is 0 Å². The van der Waals surface area contributed by atoms with Gasteiger partial charge in [-0.1, -0.05) is 0 Å². The van der Waals surface area contributed by atoms with E-state index in [-0.39, 0.29) is 42.1 Å². The Labute approximate surface area is 262 Å². The number of aryl methyl sites for hydroxylation is 1. The van der Waals surface area contributed by atoms with Crippen molar-refractivity contribution in [1.29, 1.82) is 0 Å². The van der Waals surface area contributed by atoms with Crippen LogP contribution in [0.1, 0.15) is 28.8 Å². The molecular formula is C32H34F2N6O6. The Hall–Kier alpha value is -4.66. The molecule has 2 saturated heterocycles. The minimum Gasteiger partial charge on any atom is -0.494 e. The molecule has 3 atom stereocenters. The van der Waals surface area contributed by atoms with Gasteiger partial charge in [-0.3, -0.25) is 14.0 Å². The number of aliphatic hydroxyl groups excluding tert-OH is 3. The molecule has 0 spiro atoms. The fourth-order valence-corrected chi connectivity index (χ4v) is 6.15. The molecule has 2 aliphatic rings. The van der Waals surface area contributed by atoms with Crippen molar-refractivity contribution in [2.24, 2.45) is 5.92 Å². The third-order valence-corrected chi connectivity index (χ3v) is 8.74. The number of aromatic nitrogens is 3. The average molecular weight is 637 g/mol. The number of aliphatic hydroxyl groups is 3. The van der Waals surface area contributed by atoms with E-state index in [1.165, 1.54) is 36.5 Å². The number of benzene rings is 2. The molecule has 2 aromatic heterocycles. The maximum Gasteiger partial charge on any atom is 0.254 e. The third-order valence-electron chi connectivity index (χ3n) is 8.74. The number of rotatable bonds is 6. The highest BCUT2D eigenvalue weighted by Gasteiger charge is 2.38. The Morgan fingerprint density at radius 2 is 1.70 bits per heavy atom. The lowest BCUT2D eigenvalue weighted by atomic mass is 9.92. The molecule has 4 aromatic rings. The van der Waals surface area contributed by atoms with Crippen molar-refractivity contribution in [2.45, 2.75) is 38.1 Å². The zero-order chi connectivity index (χ0) is 32.7. The Morgan fingerprint density at radius 1 is 0.978 bits per heavy atom. The largest absolute Gasteiger partial charge is 0.494 e. The Kier molecular flexibility index (Phi) is 8.59. The predicted octanol–water partition coefficient (Wildman–Crippen LogP) is 2.51. The molecule has 242 valence electrons. The van der Waals surface area contributed by atoms with Crippen LogP contribution in [0.5, 0.6) is 5.75 Å². The highest BCUT2D eigenvalue weighted by molar-refractivity contribution is 5.96. The monoisotopic (exact) mass is 636 g/mol. The van der Waals surface area contributed by atoms with Gasteiger partial charge < -0.3 is 35.2 Å². The first-order chi connectivity index (χ1) is 22.1. The standard InChI is InChI=1S/C32H34F2N6O6/c1-17-13-19(37-29-30-36-14-22(40(30)12-9-35-29)21-5-6-25(46-2)27(34)26(21)33)3-4-20(17)32(45)38-10-7-18(8-11-38)31(44)39-15-23(41)28(43)24(42)16-39/h3-6,9,12-14,18,23-24,28,41-43H,7-8,10-11,15-16H2,1-2H3,(H,35,37)/t23-,24+,28?. The van der Waals surface area contributed by atoms with Crippen LogP contribution in [0, 0.1) is 24.5 Å². The van der Waals surface area contributed by atoms with Crippen molar-refractivity contribution in [1.82, 2.24) is 24.2 Å². The topological polar surface area (TPSA) is 153 Å². The van der Waals surface area contributed by atoms with E-state index in [1.807, 2.05) is 6.92 Å². The molecule has 2 aliphatic heterocycles. The second-order valence-corrected chi connectivity index (χ2v) is 11.6. The molecule has 0 aliphatic carbocycles. The van der Waals surface area contributed by atoms with Crippen molar-refractivity contribution >= 4 is 29.0 Å². The van der Waals surface area contributed by atoms with E-state index in [1.54, 1.807) is 33.7 Å². The molecule has 0 bridgehead atoms. The fraction of sp³-hybridized carbons (Fsp3) is 0.375. The summed E-state index contributed by atoms with van der Waals surface area (Å²) in [6.07, 6.45) is 1.75. The molecule has 2 fully saturated rings. The first-order valence-corrected chi connectivity index (χ1v) is 14.9. The lowest BCUT2D eigenvalue weighted by Crippen LogP contribution is -2.58. The third kappa shape index (κ3) is 5.74. The Morgan fingerprint density at radius 3 is 2.37 bits per heavy atom. The van der Waals surface area contributed by atoms with Gasteiger partial charge in [-0.15, -0.1) is 0 Å². The van der Waals surface area contributed by atoms with Crippen LogP contribution < -0.4 is 10.1 Å². The lowest BCUT2D eigenvalue weighted by Gasteiger charge is -2.40. The molecule has 4 N–H and O–H groups in total. The average Bonchev–Trinajstić information content (AvgIpc) is 3.49. The van der Waals surface area contributed by atoms with E-state index in [0.717, 1.165) is 5.56 Å². The number of nitrogens with zero attached hydrogens (tertiary/aromatic N) is 5. The summed E-state index contributed by atoms with van der Waals surface area (Å²) in [5, 5.41) is 32.9. The van der Waals surface area contributed by atoms with Crippen molar-refractivity contribution in [2.75, 3.05) is 38.6 Å². The van der Waals surface area contributed by atoms with Crippen molar-refractivity contribution in [3.05, 3.63) is 71.7 Å². The number of halogens is 2. The number of β-amino-alcohol motifs (C(OH)–C–C–N with tert-alkyl or cyclic N) is 2. The van der Waals surface area contributed by atoms with Crippen molar-refractivity contribution in [3.8, 4) is 17.0 Å². The molecule has 6 rings (SSSR count). The number of imidazole rings is 1. The van der Waals surface area contributed by atoms with Crippen LogP contribution in [-0.4, -0.2) is 103 Å². The number of methoxy groups -OCH3 is 1. The summed E-state index contributed by atoms with van der Waals surface area (Å²) in [4.78, 5) is 38.3. The van der Waals surface area contributed by atoms with Gasteiger partial charge >= 0.3 is 0 Å². The quantitative estimate of drug-likeness (QED) is 0.250. The van der Waals surface area contributed by atoms with Crippen molar-refractivity contribution < 1.29 is 38.4 Å². The van der Waals surface area contributed by atoms with Crippen LogP contribution in [0.15, 0.2) is 48.9 Å². The molecule has 46 heavy (non-hydrogen) atoms. The normalized spacial score (nSPS) is 20.6. The van der Waals surface area contributed by atoms with Crippen molar-refractivity contribution in [3.63, 3.8) is 0 Å². The number of hydrogen-bond donors (Lipinski definition) is 4. The SMILES string of the molecule is COc1ccc(-c2cnc3c(Nc4ccc(C(=O)N5CCC(C(=O)N6C[C@@H](O)C(O)[C@@H](O)C6)CC5)c(C)c4)nccn23)c(F)c1F. The summed E-state index contributed by atoms with van der Waals surface area (Å²) >= 11 is 0. The van der Waals surface area contributed by atoms with Gasteiger partial charge in [0.2, 0.25) is 11.7 Å². The molecule has 2 amide bonds. The second-order valence-electron chi connectivity index (χ2n) is 11.6. The van der Waals surface area contributed by atoms with Gasteiger partial charge in [-0.2, -0.15) is 4.39 Å². The maximum atomic E-state index is 14.8. The summed E-state index contributed by atoms with van der Waals surface area (Å²) < 4.78 is 35.7. The number of hydrogen-bond acceptors (Lipinski definition) is 9. The van der Waals surface area contributed by atoms with Crippen LogP contribution in [0.2, 0.25) is 0 Å². The van der Waals surface area contributed by atoms with Gasteiger partial charge in [-0.05, 0) is 55.7 Å². The minimum atomic E-state index is -1.28. The van der Waals surface area contributed by atoms with E-state index in [2.05, 4.69) is 15.3 Å². The maximum absolute atomic E-state index is 14.8. The minimum absolute atomic E-state index is 0.0130. The zero-order valence-corrected chi connectivity index (χ0v) is 25.2. The number of carbonyl (C=O) groups is 2. The highest BCUT2D eigenvalue weighted by Crippen LogP contribution is 2.32. The number of likely N-dealkylation sites (tertiary alicyclic amines) is 2. The number of piperidine rings is 2. The summed E-state index contributed by atoms with van der Waals surface area (Å²) in [5.41, 5.74) is 2.59. The molecule has 0 saturated carbocycles. The molecule has 1 unspecified atom stereocenters. The Balaban J connectivity index is 1.12. The first kappa shape index (κ1) is 31.3. The summed E-state index contributed by atoms with van der Waals surface area (Å²) in [5.74, 6) is -2.67. The zero-order valence-electron chi connectivity index (χ0n) is 25.2. The summed E-state index contributed by atoms with van der Waals surface area (Å²) in [6, 6.07) is 8.03. The van der Waals surface area contributed by atoms with Gasteiger partial charge in [0.1, 0.15) is 18.3 Å². The molecule has 14 heteroatoms. The molecule has 12 nitrogen and oxygen atoms in total. The van der Waals surface area contributed by atoms with Crippen LogP contribution in [0.3, 0.4) is 0 Å². The number of fused-ring (bicyclic) bond motifs is 1. The summed E-state index contributed by atoms with van der Waals surface area (Å²) in [7, 11) is 1.26. The fourth-order valence-electron chi connectivity index (χ4n) is 6.15. The molecule has 0 radical (unpaired) electrons. The Bertz CT molecular complexity index is 1780. The van der Waals surface area contributed by atoms with Gasteiger partial charge in [0.05, 0.1) is 19.0 Å². The van der Waals surface area contributed by atoms with E-state index in [4.69, 9.17) is 4.74 Å². The van der Waals surface area contributed by atoms with Crippen LogP contribution in [-0.2, 0) is 4.79 Å². The van der Waals surface area contributed by atoms with Gasteiger partial charge in [0.25, 0.3) is 5.91 Å². The molecular weight excluding hydrogens is 602 g/mol.